The third-order valence-corrected chi connectivity index (χ3v) is 3.13. The fourth-order valence-electron chi connectivity index (χ4n) is 2.62. The molecule has 2 aliphatic heterocycles. The lowest BCUT2D eigenvalue weighted by atomic mass is 9.82. The molecule has 0 aromatic rings. The normalized spacial score (nSPS) is 40.8. The second-order valence-electron chi connectivity index (χ2n) is 3.86. The quantitative estimate of drug-likeness (QED) is 0.635. The van der Waals surface area contributed by atoms with E-state index in [1.54, 1.807) is 0 Å². The molecular weight excluding hydrogens is 154 g/mol. The molecule has 1 N–H and O–H groups in total. The van der Waals surface area contributed by atoms with Gasteiger partial charge in [0.25, 0.3) is 0 Å². The van der Waals surface area contributed by atoms with E-state index in [0.29, 0.717) is 5.92 Å². The molecule has 2 bridgehead atoms. The highest BCUT2D eigenvalue weighted by Crippen LogP contribution is 2.31. The van der Waals surface area contributed by atoms with Gasteiger partial charge in [0, 0.05) is 0 Å². The summed E-state index contributed by atoms with van der Waals surface area (Å²) in [7, 11) is 0. The van der Waals surface area contributed by atoms with Crippen LogP contribution in [0.3, 0.4) is 0 Å². The first-order valence-corrected chi connectivity index (χ1v) is 4.76. The number of rotatable bonds is 1. The lowest BCUT2D eigenvalue weighted by molar-refractivity contribution is -0.149. The Labute approximate surface area is 72.4 Å². The van der Waals surface area contributed by atoms with E-state index in [4.69, 9.17) is 5.11 Å². The summed E-state index contributed by atoms with van der Waals surface area (Å²) < 4.78 is 0. The van der Waals surface area contributed by atoms with E-state index in [9.17, 15) is 4.79 Å². The van der Waals surface area contributed by atoms with Crippen LogP contribution in [0, 0.1) is 5.92 Å². The van der Waals surface area contributed by atoms with Crippen molar-refractivity contribution in [2.75, 3.05) is 13.1 Å². The first-order chi connectivity index (χ1) is 5.79. The fourth-order valence-corrected chi connectivity index (χ4v) is 2.62. The van der Waals surface area contributed by atoms with Gasteiger partial charge in [0.2, 0.25) is 0 Å². The largest absolute Gasteiger partial charge is 0.480 e. The molecule has 3 heteroatoms. The van der Waals surface area contributed by atoms with E-state index in [1.807, 2.05) is 0 Å². The SMILES string of the molecule is O=C(O)C1C2CCCN1CCC2. The van der Waals surface area contributed by atoms with E-state index in [2.05, 4.69) is 4.90 Å². The van der Waals surface area contributed by atoms with Crippen LogP contribution in [0.15, 0.2) is 0 Å². The van der Waals surface area contributed by atoms with E-state index < -0.39 is 5.97 Å². The Hall–Kier alpha value is -0.570. The van der Waals surface area contributed by atoms with Gasteiger partial charge in [0.05, 0.1) is 0 Å². The Morgan fingerprint density at radius 2 is 1.83 bits per heavy atom. The van der Waals surface area contributed by atoms with Crippen LogP contribution in [0.25, 0.3) is 0 Å². The molecule has 0 spiro atoms. The summed E-state index contributed by atoms with van der Waals surface area (Å²) in [6.07, 6.45) is 4.61. The summed E-state index contributed by atoms with van der Waals surface area (Å²) in [4.78, 5) is 13.1. The van der Waals surface area contributed by atoms with Gasteiger partial charge in [-0.3, -0.25) is 9.69 Å². The molecule has 3 nitrogen and oxygen atoms in total. The summed E-state index contributed by atoms with van der Waals surface area (Å²) in [5.74, 6) is -0.176. The maximum Gasteiger partial charge on any atom is 0.321 e. The predicted molar refractivity (Wildman–Crippen MR) is 45.0 cm³/mol. The first kappa shape index (κ1) is 8.05. The molecule has 0 aromatic carbocycles. The Bertz CT molecular complexity index is 171. The zero-order chi connectivity index (χ0) is 8.55. The van der Waals surface area contributed by atoms with Crippen LogP contribution in [0.4, 0.5) is 0 Å². The number of nitrogens with zero attached hydrogens (tertiary/aromatic N) is 1. The molecule has 0 amide bonds. The van der Waals surface area contributed by atoms with Crippen molar-refractivity contribution in [2.24, 2.45) is 5.92 Å². The monoisotopic (exact) mass is 169 g/mol. The number of hydrogen-bond acceptors (Lipinski definition) is 2. The Morgan fingerprint density at radius 1 is 1.25 bits per heavy atom. The zero-order valence-electron chi connectivity index (χ0n) is 7.20. The highest BCUT2D eigenvalue weighted by atomic mass is 16.4. The Kier molecular flexibility index (Phi) is 2.05. The molecular formula is C9H15NO2. The maximum atomic E-state index is 10.9. The molecule has 2 fully saturated rings. The minimum Gasteiger partial charge on any atom is -0.480 e. The molecule has 0 saturated carbocycles. The van der Waals surface area contributed by atoms with E-state index in [1.165, 1.54) is 12.8 Å². The van der Waals surface area contributed by atoms with Crippen molar-refractivity contribution in [3.05, 3.63) is 0 Å². The van der Waals surface area contributed by atoms with E-state index in [0.717, 1.165) is 25.9 Å². The molecule has 2 heterocycles. The van der Waals surface area contributed by atoms with Crippen molar-refractivity contribution in [3.8, 4) is 0 Å². The molecule has 2 rings (SSSR count). The summed E-state index contributed by atoms with van der Waals surface area (Å²) >= 11 is 0. The van der Waals surface area contributed by atoms with Crippen molar-refractivity contribution in [2.45, 2.75) is 31.7 Å². The summed E-state index contributed by atoms with van der Waals surface area (Å²) in [6.45, 7) is 1.99. The van der Waals surface area contributed by atoms with Gasteiger partial charge in [-0.25, -0.2) is 0 Å². The van der Waals surface area contributed by atoms with Crippen LogP contribution in [-0.4, -0.2) is 35.1 Å². The minimum absolute atomic E-state index is 0.160. The van der Waals surface area contributed by atoms with Crippen molar-refractivity contribution in [1.29, 1.82) is 0 Å². The second kappa shape index (κ2) is 3.05. The van der Waals surface area contributed by atoms with Crippen LogP contribution in [0.5, 0.6) is 0 Å². The molecule has 12 heavy (non-hydrogen) atoms. The summed E-state index contributed by atoms with van der Waals surface area (Å²) in [5, 5.41) is 9.00. The number of hydrogen-bond donors (Lipinski definition) is 1. The van der Waals surface area contributed by atoms with Gasteiger partial charge in [-0.15, -0.1) is 0 Å². The van der Waals surface area contributed by atoms with Crippen LogP contribution in [-0.2, 0) is 4.79 Å². The zero-order valence-corrected chi connectivity index (χ0v) is 7.20. The third-order valence-electron chi connectivity index (χ3n) is 3.13. The second-order valence-corrected chi connectivity index (χ2v) is 3.86. The smallest absolute Gasteiger partial charge is 0.321 e. The van der Waals surface area contributed by atoms with Crippen molar-refractivity contribution in [1.82, 2.24) is 4.90 Å². The molecule has 2 aliphatic rings. The molecule has 1 atom stereocenters. The van der Waals surface area contributed by atoms with Crippen molar-refractivity contribution >= 4 is 5.97 Å². The Balaban J connectivity index is 2.13. The number of carbonyl (C=O) groups is 1. The third kappa shape index (κ3) is 1.22. The average molecular weight is 169 g/mol. The number of piperidine rings is 2. The lowest BCUT2D eigenvalue weighted by Gasteiger charge is -2.42. The first-order valence-electron chi connectivity index (χ1n) is 4.76. The average Bonchev–Trinajstić information content (AvgIpc) is 2.02. The van der Waals surface area contributed by atoms with E-state index in [-0.39, 0.29) is 6.04 Å². The number of carboxylic acid groups (broad SMARTS) is 1. The van der Waals surface area contributed by atoms with Gasteiger partial charge < -0.3 is 5.11 Å². The highest BCUT2D eigenvalue weighted by Gasteiger charge is 2.38. The van der Waals surface area contributed by atoms with Crippen LogP contribution < -0.4 is 0 Å². The summed E-state index contributed by atoms with van der Waals surface area (Å²) in [5.41, 5.74) is 0. The molecule has 0 aromatic heterocycles. The van der Waals surface area contributed by atoms with Crippen LogP contribution in [0.2, 0.25) is 0 Å². The molecule has 68 valence electrons. The maximum absolute atomic E-state index is 10.9. The molecule has 2 saturated heterocycles. The van der Waals surface area contributed by atoms with E-state index >= 15 is 0 Å². The molecule has 1 unspecified atom stereocenters. The highest BCUT2D eigenvalue weighted by molar-refractivity contribution is 5.74. The summed E-state index contributed by atoms with van der Waals surface area (Å²) in [6, 6.07) is -0.160. The standard InChI is InChI=1S/C9H15NO2/c11-9(12)8-7-3-1-5-10(8)6-2-4-7/h7-8H,1-6H2,(H,11,12). The molecule has 0 aliphatic carbocycles. The number of aliphatic carboxylic acids is 1. The van der Waals surface area contributed by atoms with Gasteiger partial charge in [0.15, 0.2) is 0 Å². The van der Waals surface area contributed by atoms with Crippen LogP contribution in [0.1, 0.15) is 25.7 Å². The predicted octanol–water partition coefficient (Wildman–Crippen LogP) is 0.945. The van der Waals surface area contributed by atoms with Gasteiger partial charge in [0.1, 0.15) is 6.04 Å². The van der Waals surface area contributed by atoms with Gasteiger partial charge in [-0.2, -0.15) is 0 Å². The number of carboxylic acids is 1. The fraction of sp³-hybridized carbons (Fsp3) is 0.889. The van der Waals surface area contributed by atoms with Crippen LogP contribution >= 0.6 is 0 Å². The minimum atomic E-state index is -0.612. The van der Waals surface area contributed by atoms with Gasteiger partial charge in [-0.1, -0.05) is 0 Å². The van der Waals surface area contributed by atoms with Crippen molar-refractivity contribution in [3.63, 3.8) is 0 Å². The van der Waals surface area contributed by atoms with Gasteiger partial charge in [-0.05, 0) is 44.7 Å². The lowest BCUT2D eigenvalue weighted by Crippen LogP contribution is -2.53. The van der Waals surface area contributed by atoms with Crippen molar-refractivity contribution < 1.29 is 9.90 Å². The Morgan fingerprint density at radius 3 is 2.17 bits per heavy atom. The number of fused-ring (bicyclic) bond motifs is 2. The topological polar surface area (TPSA) is 40.5 Å². The molecule has 0 radical (unpaired) electrons. The van der Waals surface area contributed by atoms with Gasteiger partial charge >= 0.3 is 5.97 Å².